The number of fused-ring (bicyclic) bond motifs is 1. The number of carbonyl (C=O) groups excluding carboxylic acids is 1. The van der Waals surface area contributed by atoms with Crippen molar-refractivity contribution in [2.24, 2.45) is 5.84 Å². The maximum atomic E-state index is 11.2. The van der Waals surface area contributed by atoms with Gasteiger partial charge in [0.25, 0.3) is 0 Å². The Kier molecular flexibility index (Phi) is 3.91. The minimum atomic E-state index is -0.198. The van der Waals surface area contributed by atoms with Gasteiger partial charge in [-0.2, -0.15) is 0 Å². The van der Waals surface area contributed by atoms with E-state index >= 15 is 0 Å². The number of aromatic nitrogens is 2. The topological polar surface area (TPSA) is 82.2 Å². The molecule has 18 heavy (non-hydrogen) atoms. The summed E-state index contributed by atoms with van der Waals surface area (Å²) in [6.07, 6.45) is 0.313. The highest BCUT2D eigenvalue weighted by atomic mass is 16.5. The molecule has 0 aliphatic carbocycles. The molecule has 6 nitrogen and oxygen atoms in total. The second-order valence-electron chi connectivity index (χ2n) is 3.92. The third-order valence-electron chi connectivity index (χ3n) is 2.73. The molecule has 2 aromatic rings. The van der Waals surface area contributed by atoms with Crippen LogP contribution in [0.5, 0.6) is 0 Å². The molecule has 6 heteroatoms. The molecule has 96 valence electrons. The van der Waals surface area contributed by atoms with Crippen molar-refractivity contribution in [2.75, 3.05) is 7.11 Å². The van der Waals surface area contributed by atoms with Gasteiger partial charge in [0.1, 0.15) is 12.4 Å². The molecule has 0 saturated heterocycles. The second kappa shape index (κ2) is 5.61. The lowest BCUT2D eigenvalue weighted by Crippen LogP contribution is -2.30. The number of carbonyl (C=O) groups is 1. The lowest BCUT2D eigenvalue weighted by molar-refractivity contribution is -0.121. The summed E-state index contributed by atoms with van der Waals surface area (Å²) < 4.78 is 7.10. The van der Waals surface area contributed by atoms with E-state index in [4.69, 9.17) is 10.6 Å². The minimum absolute atomic E-state index is 0.198. The number of imidazole rings is 1. The number of ether oxygens (including phenoxy) is 1. The van der Waals surface area contributed by atoms with Gasteiger partial charge in [-0.15, -0.1) is 0 Å². The number of nitrogens with two attached hydrogens (primary N) is 1. The van der Waals surface area contributed by atoms with Crippen LogP contribution in [0, 0.1) is 0 Å². The molecular formula is C12H16N4O2. The number of hydrogen-bond acceptors (Lipinski definition) is 4. The molecule has 0 spiro atoms. The Morgan fingerprint density at radius 2 is 2.28 bits per heavy atom. The predicted octanol–water partition coefficient (Wildman–Crippen LogP) is 0.563. The molecule has 0 radical (unpaired) electrons. The summed E-state index contributed by atoms with van der Waals surface area (Å²) in [5.74, 6) is 5.68. The average Bonchev–Trinajstić information content (AvgIpc) is 2.74. The molecule has 0 fully saturated rings. The summed E-state index contributed by atoms with van der Waals surface area (Å²) in [6.45, 7) is 0.946. The molecule has 0 aliphatic heterocycles. The van der Waals surface area contributed by atoms with Crippen molar-refractivity contribution in [1.82, 2.24) is 15.0 Å². The van der Waals surface area contributed by atoms with E-state index in [0.717, 1.165) is 16.9 Å². The third-order valence-corrected chi connectivity index (χ3v) is 2.73. The van der Waals surface area contributed by atoms with Gasteiger partial charge < -0.3 is 9.30 Å². The zero-order chi connectivity index (χ0) is 13.0. The van der Waals surface area contributed by atoms with Gasteiger partial charge in [0.2, 0.25) is 5.91 Å². The van der Waals surface area contributed by atoms with Crippen molar-refractivity contribution in [3.8, 4) is 0 Å². The molecule has 1 aromatic carbocycles. The number of para-hydroxylation sites is 2. The summed E-state index contributed by atoms with van der Waals surface area (Å²) in [5.41, 5.74) is 4.02. The summed E-state index contributed by atoms with van der Waals surface area (Å²) in [4.78, 5) is 15.7. The zero-order valence-corrected chi connectivity index (χ0v) is 10.2. The van der Waals surface area contributed by atoms with Gasteiger partial charge in [-0.05, 0) is 12.1 Å². The summed E-state index contributed by atoms with van der Waals surface area (Å²) in [7, 11) is 1.62. The molecule has 1 amide bonds. The fourth-order valence-corrected chi connectivity index (χ4v) is 1.90. The molecule has 0 aliphatic rings. The molecule has 0 unspecified atom stereocenters. The first-order valence-electron chi connectivity index (χ1n) is 5.68. The van der Waals surface area contributed by atoms with Gasteiger partial charge in [-0.3, -0.25) is 10.2 Å². The Hall–Kier alpha value is -1.92. The summed E-state index contributed by atoms with van der Waals surface area (Å²) >= 11 is 0. The van der Waals surface area contributed by atoms with Crippen LogP contribution in [0.4, 0.5) is 0 Å². The number of nitrogens with zero attached hydrogens (tertiary/aromatic N) is 2. The van der Waals surface area contributed by atoms with E-state index in [1.807, 2.05) is 28.8 Å². The highest BCUT2D eigenvalue weighted by Crippen LogP contribution is 2.17. The van der Waals surface area contributed by atoms with Gasteiger partial charge in [0.05, 0.1) is 11.0 Å². The maximum Gasteiger partial charge on any atom is 0.235 e. The van der Waals surface area contributed by atoms with Crippen molar-refractivity contribution in [3.63, 3.8) is 0 Å². The SMILES string of the molecule is COCc1nc2ccccc2n1CCC(=O)NN. The van der Waals surface area contributed by atoms with E-state index in [9.17, 15) is 4.79 Å². The number of aryl methyl sites for hydroxylation is 1. The van der Waals surface area contributed by atoms with E-state index in [1.165, 1.54) is 0 Å². The van der Waals surface area contributed by atoms with Crippen LogP contribution in [0.15, 0.2) is 24.3 Å². The van der Waals surface area contributed by atoms with Crippen LogP contribution in [-0.4, -0.2) is 22.6 Å². The first-order valence-corrected chi connectivity index (χ1v) is 5.68. The summed E-state index contributed by atoms with van der Waals surface area (Å²) in [5, 5.41) is 0. The van der Waals surface area contributed by atoms with Gasteiger partial charge >= 0.3 is 0 Å². The highest BCUT2D eigenvalue weighted by Gasteiger charge is 2.11. The molecule has 1 heterocycles. The van der Waals surface area contributed by atoms with Crippen LogP contribution >= 0.6 is 0 Å². The number of nitrogens with one attached hydrogen (secondary N) is 1. The van der Waals surface area contributed by atoms with Crippen molar-refractivity contribution in [3.05, 3.63) is 30.1 Å². The molecule has 2 rings (SSSR count). The predicted molar refractivity (Wildman–Crippen MR) is 67.4 cm³/mol. The van der Waals surface area contributed by atoms with Crippen LogP contribution < -0.4 is 11.3 Å². The number of amides is 1. The monoisotopic (exact) mass is 248 g/mol. The van der Waals surface area contributed by atoms with E-state index in [0.29, 0.717) is 19.6 Å². The Balaban J connectivity index is 2.32. The van der Waals surface area contributed by atoms with Gasteiger partial charge in [0.15, 0.2) is 0 Å². The van der Waals surface area contributed by atoms with Crippen LogP contribution in [0.3, 0.4) is 0 Å². The smallest absolute Gasteiger partial charge is 0.235 e. The van der Waals surface area contributed by atoms with Crippen molar-refractivity contribution in [1.29, 1.82) is 0 Å². The van der Waals surface area contributed by atoms with Crippen LogP contribution in [0.2, 0.25) is 0 Å². The Labute approximate surface area is 105 Å². The second-order valence-corrected chi connectivity index (χ2v) is 3.92. The van der Waals surface area contributed by atoms with Gasteiger partial charge in [-0.1, -0.05) is 12.1 Å². The van der Waals surface area contributed by atoms with E-state index in [2.05, 4.69) is 10.4 Å². The summed E-state index contributed by atoms with van der Waals surface area (Å²) in [6, 6.07) is 7.79. The lowest BCUT2D eigenvalue weighted by atomic mass is 10.3. The average molecular weight is 248 g/mol. The van der Waals surface area contributed by atoms with Gasteiger partial charge in [0, 0.05) is 20.1 Å². The lowest BCUT2D eigenvalue weighted by Gasteiger charge is -2.07. The Morgan fingerprint density at radius 1 is 1.50 bits per heavy atom. The first kappa shape index (κ1) is 12.5. The quantitative estimate of drug-likeness (QED) is 0.460. The van der Waals surface area contributed by atoms with Crippen molar-refractivity contribution >= 4 is 16.9 Å². The number of hydrogen-bond donors (Lipinski definition) is 2. The third kappa shape index (κ3) is 2.49. The van der Waals surface area contributed by atoms with Crippen molar-refractivity contribution < 1.29 is 9.53 Å². The number of benzene rings is 1. The molecular weight excluding hydrogens is 232 g/mol. The number of rotatable bonds is 5. The fraction of sp³-hybridized carbons (Fsp3) is 0.333. The standard InChI is InChI=1S/C12H16N4O2/c1-18-8-11-14-9-4-2-3-5-10(9)16(11)7-6-12(17)15-13/h2-5H,6-8,13H2,1H3,(H,15,17). The number of methoxy groups -OCH3 is 1. The first-order chi connectivity index (χ1) is 8.76. The van der Waals surface area contributed by atoms with Crippen LogP contribution in [0.1, 0.15) is 12.2 Å². The van der Waals surface area contributed by atoms with E-state index in [1.54, 1.807) is 7.11 Å². The Morgan fingerprint density at radius 3 is 3.00 bits per heavy atom. The molecule has 1 aromatic heterocycles. The molecule has 0 bridgehead atoms. The zero-order valence-electron chi connectivity index (χ0n) is 10.2. The van der Waals surface area contributed by atoms with E-state index in [-0.39, 0.29) is 5.91 Å². The van der Waals surface area contributed by atoms with Gasteiger partial charge in [-0.25, -0.2) is 10.8 Å². The highest BCUT2D eigenvalue weighted by molar-refractivity contribution is 5.77. The largest absolute Gasteiger partial charge is 0.377 e. The number of hydrazine groups is 1. The maximum absolute atomic E-state index is 11.2. The Bertz CT molecular complexity index is 550. The molecule has 0 saturated carbocycles. The van der Waals surface area contributed by atoms with Crippen LogP contribution in [-0.2, 0) is 22.7 Å². The minimum Gasteiger partial charge on any atom is -0.377 e. The van der Waals surface area contributed by atoms with Crippen LogP contribution in [0.25, 0.3) is 11.0 Å². The van der Waals surface area contributed by atoms with E-state index < -0.39 is 0 Å². The molecule has 3 N–H and O–H groups in total. The fourth-order valence-electron chi connectivity index (χ4n) is 1.90. The van der Waals surface area contributed by atoms with Crippen molar-refractivity contribution in [2.45, 2.75) is 19.6 Å². The molecule has 0 atom stereocenters. The normalized spacial score (nSPS) is 10.8.